The van der Waals surface area contributed by atoms with Crippen molar-refractivity contribution in [3.05, 3.63) is 40.8 Å². The number of sulfonamides is 1. The van der Waals surface area contributed by atoms with Crippen molar-refractivity contribution in [2.75, 3.05) is 46.7 Å². The Hall–Kier alpha value is -1.49. The number of quaternary nitrogens is 1. The second-order valence-corrected chi connectivity index (χ2v) is 10.9. The van der Waals surface area contributed by atoms with Crippen molar-refractivity contribution < 1.29 is 31.4 Å². The third-order valence-corrected chi connectivity index (χ3v) is 7.13. The number of halogens is 1. The van der Waals surface area contributed by atoms with E-state index in [9.17, 15) is 13.2 Å². The number of nitrogens with zero attached hydrogens (tertiary/aromatic N) is 2. The molecule has 174 valence electrons. The number of ether oxygens (including phenoxy) is 3. The molecular weight excluding hydrogens is 444 g/mol. The van der Waals surface area contributed by atoms with Crippen molar-refractivity contribution in [1.29, 1.82) is 0 Å². The van der Waals surface area contributed by atoms with E-state index < -0.39 is 25.7 Å². The fourth-order valence-electron chi connectivity index (χ4n) is 3.02. The van der Waals surface area contributed by atoms with E-state index >= 15 is 0 Å². The maximum atomic E-state index is 13.4. The van der Waals surface area contributed by atoms with Crippen molar-refractivity contribution >= 4 is 34.0 Å². The van der Waals surface area contributed by atoms with Crippen LogP contribution >= 0.6 is 11.8 Å². The van der Waals surface area contributed by atoms with E-state index in [-0.39, 0.29) is 50.9 Å². The van der Waals surface area contributed by atoms with Gasteiger partial charge in [-0.1, -0.05) is 30.3 Å². The van der Waals surface area contributed by atoms with Crippen molar-refractivity contribution in [3.63, 3.8) is 0 Å². The maximum absolute atomic E-state index is 13.4. The monoisotopic (exact) mass is 475 g/mol. The molecule has 0 atom stereocenters. The van der Waals surface area contributed by atoms with Crippen LogP contribution in [0.25, 0.3) is 6.08 Å². The molecule has 1 saturated heterocycles. The molecule has 1 fully saturated rings. The first-order chi connectivity index (χ1) is 14.5. The van der Waals surface area contributed by atoms with E-state index in [1.807, 2.05) is 30.3 Å². The van der Waals surface area contributed by atoms with Crippen LogP contribution in [0, 0.1) is 0 Å². The van der Waals surface area contributed by atoms with Gasteiger partial charge in [0.1, 0.15) is 25.5 Å². The summed E-state index contributed by atoms with van der Waals surface area (Å²) < 4.78 is 43.2. The number of benzene rings is 1. The van der Waals surface area contributed by atoms with Crippen LogP contribution in [0.5, 0.6) is 0 Å². The van der Waals surface area contributed by atoms with Crippen molar-refractivity contribution in [2.24, 2.45) is 0 Å². The average Bonchev–Trinajstić information content (AvgIpc) is 2.70. The minimum atomic E-state index is -3.77. The fourth-order valence-corrected chi connectivity index (χ4v) is 4.81. The van der Waals surface area contributed by atoms with E-state index in [1.54, 1.807) is 26.8 Å². The van der Waals surface area contributed by atoms with Crippen LogP contribution in [-0.2, 0) is 24.2 Å². The number of carbonyl (C=O) groups excluding carboxylic acids is 1. The lowest BCUT2D eigenvalue weighted by molar-refractivity contribution is -0.746. The molecule has 1 amide bonds. The Kier molecular flexibility index (Phi) is 9.05. The SMILES string of the molecule is COCOCC/C(=C/c1ccccc1)S(=O)(=O)N1CC[N+](Cl)(C(=O)OC(C)(C)C)CC1. The molecule has 0 aromatic heterocycles. The van der Waals surface area contributed by atoms with Gasteiger partial charge in [0, 0.05) is 13.5 Å². The van der Waals surface area contributed by atoms with Gasteiger partial charge in [-0.3, -0.25) is 0 Å². The quantitative estimate of drug-likeness (QED) is 0.324. The van der Waals surface area contributed by atoms with Gasteiger partial charge in [-0.2, -0.15) is 9.10 Å². The molecular formula is C21H32ClN2O6S+. The molecule has 1 aliphatic heterocycles. The topological polar surface area (TPSA) is 82.1 Å². The number of rotatable bonds is 8. The second kappa shape index (κ2) is 10.9. The van der Waals surface area contributed by atoms with E-state index in [4.69, 9.17) is 26.0 Å². The lowest BCUT2D eigenvalue weighted by Gasteiger charge is -2.36. The van der Waals surface area contributed by atoms with Gasteiger partial charge in [-0.25, -0.2) is 8.42 Å². The predicted octanol–water partition coefficient (Wildman–Crippen LogP) is 3.59. The van der Waals surface area contributed by atoms with Gasteiger partial charge in [0.15, 0.2) is 11.8 Å². The van der Waals surface area contributed by atoms with Gasteiger partial charge in [-0.05, 0) is 32.4 Å². The van der Waals surface area contributed by atoms with Crippen LogP contribution in [0.2, 0.25) is 0 Å². The van der Waals surface area contributed by atoms with Crippen molar-refractivity contribution in [2.45, 2.75) is 32.8 Å². The second-order valence-electron chi connectivity index (χ2n) is 8.28. The minimum Gasteiger partial charge on any atom is -0.413 e. The molecule has 0 bridgehead atoms. The zero-order chi connectivity index (χ0) is 23.1. The Bertz CT molecular complexity index is 860. The zero-order valence-corrected chi connectivity index (χ0v) is 20.1. The Balaban J connectivity index is 2.16. The maximum Gasteiger partial charge on any atom is 0.535 e. The molecule has 0 spiro atoms. The lowest BCUT2D eigenvalue weighted by atomic mass is 10.2. The summed E-state index contributed by atoms with van der Waals surface area (Å²) >= 11 is 6.47. The third-order valence-electron chi connectivity index (χ3n) is 4.62. The Morgan fingerprint density at radius 3 is 2.35 bits per heavy atom. The molecule has 0 radical (unpaired) electrons. The largest absolute Gasteiger partial charge is 0.535 e. The van der Waals surface area contributed by atoms with Gasteiger partial charge < -0.3 is 14.2 Å². The first-order valence-corrected chi connectivity index (χ1v) is 11.9. The van der Waals surface area contributed by atoms with Gasteiger partial charge in [0.05, 0.1) is 24.6 Å². The standard InChI is InChI=1S/C21H32ClN2O6S/c1-21(2,3)30-20(25)24(22)13-11-23(12-14-24)31(26,27)19(10-15-29-17-28-4)16-18-8-6-5-7-9-18/h5-9,16H,10-15,17H2,1-4H3/q+1/b19-16-. The molecule has 8 nitrogen and oxygen atoms in total. The number of carbonyl (C=O) groups is 1. The summed E-state index contributed by atoms with van der Waals surface area (Å²) in [5.74, 6) is 0. The van der Waals surface area contributed by atoms with Crippen LogP contribution < -0.4 is 0 Å². The molecule has 0 N–H and O–H groups in total. The number of hydrogen-bond donors (Lipinski definition) is 0. The molecule has 10 heteroatoms. The zero-order valence-electron chi connectivity index (χ0n) is 18.5. The highest BCUT2D eigenvalue weighted by atomic mass is 35.5. The van der Waals surface area contributed by atoms with E-state index in [1.165, 1.54) is 11.4 Å². The van der Waals surface area contributed by atoms with Crippen LogP contribution in [-0.4, -0.2) is 75.1 Å². The first-order valence-electron chi connectivity index (χ1n) is 10.1. The smallest absolute Gasteiger partial charge is 0.413 e. The lowest BCUT2D eigenvalue weighted by Crippen LogP contribution is -2.58. The minimum absolute atomic E-state index is 0.0878. The predicted molar refractivity (Wildman–Crippen MR) is 119 cm³/mol. The molecule has 1 aliphatic rings. The molecule has 0 unspecified atom stereocenters. The summed E-state index contributed by atoms with van der Waals surface area (Å²) in [4.78, 5) is 12.7. The van der Waals surface area contributed by atoms with Gasteiger partial charge in [0.25, 0.3) is 0 Å². The van der Waals surface area contributed by atoms with E-state index in [0.29, 0.717) is 0 Å². The summed E-state index contributed by atoms with van der Waals surface area (Å²) in [7, 11) is -2.26. The summed E-state index contributed by atoms with van der Waals surface area (Å²) in [6, 6.07) is 9.24. The van der Waals surface area contributed by atoms with Crippen LogP contribution in [0.3, 0.4) is 0 Å². The first kappa shape index (κ1) is 25.8. The summed E-state index contributed by atoms with van der Waals surface area (Å²) in [5, 5.41) is 0. The van der Waals surface area contributed by atoms with Crippen molar-refractivity contribution in [3.8, 4) is 0 Å². The Labute approximate surface area is 190 Å². The highest BCUT2D eigenvalue weighted by molar-refractivity contribution is 7.93. The van der Waals surface area contributed by atoms with Crippen LogP contribution in [0.15, 0.2) is 35.2 Å². The van der Waals surface area contributed by atoms with Gasteiger partial charge in [0.2, 0.25) is 10.0 Å². The van der Waals surface area contributed by atoms with E-state index in [0.717, 1.165) is 5.56 Å². The number of amides is 1. The molecule has 1 aromatic carbocycles. The molecule has 0 aliphatic carbocycles. The van der Waals surface area contributed by atoms with Crippen LogP contribution in [0.1, 0.15) is 32.8 Å². The molecule has 0 saturated carbocycles. The summed E-state index contributed by atoms with van der Waals surface area (Å²) in [6.45, 7) is 6.04. The summed E-state index contributed by atoms with van der Waals surface area (Å²) in [6.07, 6.45) is 1.28. The molecule has 1 heterocycles. The van der Waals surface area contributed by atoms with Crippen LogP contribution in [0.4, 0.5) is 4.79 Å². The molecule has 1 aromatic rings. The number of methoxy groups -OCH3 is 1. The Morgan fingerprint density at radius 1 is 1.19 bits per heavy atom. The fraction of sp³-hybridized carbons (Fsp3) is 0.571. The number of piperazine rings is 1. The normalized spacial score (nSPS) is 18.0. The highest BCUT2D eigenvalue weighted by Gasteiger charge is 2.46. The highest BCUT2D eigenvalue weighted by Crippen LogP contribution is 2.27. The average molecular weight is 476 g/mol. The Morgan fingerprint density at radius 2 is 1.81 bits per heavy atom. The molecule has 2 rings (SSSR count). The molecule has 31 heavy (non-hydrogen) atoms. The number of hydrogen-bond acceptors (Lipinski definition) is 6. The van der Waals surface area contributed by atoms with E-state index in [2.05, 4.69) is 0 Å². The van der Waals surface area contributed by atoms with Gasteiger partial charge in [-0.15, -0.1) is 4.00 Å². The van der Waals surface area contributed by atoms with Gasteiger partial charge >= 0.3 is 6.09 Å². The summed E-state index contributed by atoms with van der Waals surface area (Å²) in [5.41, 5.74) is 0.106. The third kappa shape index (κ3) is 7.55. The van der Waals surface area contributed by atoms with Crippen molar-refractivity contribution in [1.82, 2.24) is 4.31 Å².